The van der Waals surface area contributed by atoms with Crippen LogP contribution < -0.4 is 0 Å². The van der Waals surface area contributed by atoms with Crippen LogP contribution in [0, 0.1) is 5.82 Å². The maximum Gasteiger partial charge on any atom is 0.127 e. The van der Waals surface area contributed by atoms with Gasteiger partial charge >= 0.3 is 0 Å². The molecular weight excluding hydrogens is 245 g/mol. The molecule has 1 aliphatic heterocycles. The molecule has 3 rings (SSSR count). The van der Waals surface area contributed by atoms with E-state index in [0.717, 1.165) is 24.2 Å². The van der Waals surface area contributed by atoms with Gasteiger partial charge < -0.3 is 4.74 Å². The number of nitrogens with zero attached hydrogens (tertiary/aromatic N) is 3. The van der Waals surface area contributed by atoms with Crippen LogP contribution in [0.25, 0.3) is 11.3 Å². The van der Waals surface area contributed by atoms with E-state index in [1.54, 1.807) is 0 Å². The number of hydrogen-bond donors (Lipinski definition) is 0. The van der Waals surface area contributed by atoms with Crippen LogP contribution in [0.2, 0.25) is 0 Å². The lowest BCUT2D eigenvalue weighted by molar-refractivity contribution is 0.184. The molecule has 1 atom stereocenters. The number of ether oxygens (including phenoxy) is 1. The maximum atomic E-state index is 13.8. The van der Waals surface area contributed by atoms with Crippen LogP contribution in [0.4, 0.5) is 4.39 Å². The van der Waals surface area contributed by atoms with Crippen molar-refractivity contribution in [3.63, 3.8) is 0 Å². The van der Waals surface area contributed by atoms with Crippen LogP contribution in [-0.2, 0) is 11.2 Å². The van der Waals surface area contributed by atoms with Gasteiger partial charge in [-0.1, -0.05) is 24.3 Å². The smallest absolute Gasteiger partial charge is 0.127 e. The van der Waals surface area contributed by atoms with Gasteiger partial charge in [-0.05, 0) is 24.5 Å². The molecule has 1 aromatic heterocycles. The van der Waals surface area contributed by atoms with Gasteiger partial charge in [0, 0.05) is 12.2 Å². The van der Waals surface area contributed by atoms with E-state index < -0.39 is 0 Å². The first kappa shape index (κ1) is 12.3. The topological polar surface area (TPSA) is 39.9 Å². The fourth-order valence-corrected chi connectivity index (χ4v) is 2.31. The lowest BCUT2D eigenvalue weighted by Crippen LogP contribution is -2.08. The van der Waals surface area contributed by atoms with Crippen LogP contribution in [0.5, 0.6) is 0 Å². The largest absolute Gasteiger partial charge is 0.379 e. The van der Waals surface area contributed by atoms with E-state index in [4.69, 9.17) is 4.74 Å². The summed E-state index contributed by atoms with van der Waals surface area (Å²) < 4.78 is 20.9. The average Bonchev–Trinajstić information content (AvgIpc) is 3.09. The van der Waals surface area contributed by atoms with E-state index in [1.165, 1.54) is 6.07 Å². The summed E-state index contributed by atoms with van der Waals surface area (Å²) >= 11 is 0. The third-order valence-corrected chi connectivity index (χ3v) is 3.52. The molecule has 0 radical (unpaired) electrons. The normalized spacial score (nSPS) is 18.9. The molecule has 0 unspecified atom stereocenters. The van der Waals surface area contributed by atoms with Gasteiger partial charge in [0.1, 0.15) is 11.5 Å². The molecule has 0 spiro atoms. The molecule has 19 heavy (non-hydrogen) atoms. The Balaban J connectivity index is 1.87. The van der Waals surface area contributed by atoms with Crippen molar-refractivity contribution < 1.29 is 9.13 Å². The Bertz CT molecular complexity index is 576. The SMILES string of the molecule is CCc1ccc(-c2cn([C@H]3CCOC3)nn2)cc1F. The molecule has 2 heterocycles. The lowest BCUT2D eigenvalue weighted by atomic mass is 10.1. The van der Waals surface area contributed by atoms with Crippen LogP contribution in [0.1, 0.15) is 24.9 Å². The van der Waals surface area contributed by atoms with E-state index in [1.807, 2.05) is 29.9 Å². The Kier molecular flexibility index (Phi) is 3.29. The molecule has 5 heteroatoms. The van der Waals surface area contributed by atoms with Gasteiger partial charge in [0.2, 0.25) is 0 Å². The molecule has 0 amide bonds. The van der Waals surface area contributed by atoms with Gasteiger partial charge in [0.05, 0.1) is 18.8 Å². The van der Waals surface area contributed by atoms with Gasteiger partial charge in [0.25, 0.3) is 0 Å². The van der Waals surface area contributed by atoms with Crippen molar-refractivity contribution in [2.75, 3.05) is 13.2 Å². The van der Waals surface area contributed by atoms with Crippen molar-refractivity contribution in [3.05, 3.63) is 35.8 Å². The van der Waals surface area contributed by atoms with Gasteiger partial charge in [-0.2, -0.15) is 0 Å². The minimum atomic E-state index is -0.182. The van der Waals surface area contributed by atoms with Gasteiger partial charge in [-0.15, -0.1) is 5.10 Å². The van der Waals surface area contributed by atoms with E-state index >= 15 is 0 Å². The molecule has 1 aromatic carbocycles. The molecule has 1 saturated heterocycles. The third kappa shape index (κ3) is 2.38. The summed E-state index contributed by atoms with van der Waals surface area (Å²) in [5.41, 5.74) is 2.19. The summed E-state index contributed by atoms with van der Waals surface area (Å²) in [4.78, 5) is 0. The monoisotopic (exact) mass is 261 g/mol. The number of benzene rings is 1. The first-order chi connectivity index (χ1) is 9.28. The van der Waals surface area contributed by atoms with Crippen molar-refractivity contribution in [1.29, 1.82) is 0 Å². The predicted molar refractivity (Wildman–Crippen MR) is 69.3 cm³/mol. The Hall–Kier alpha value is -1.75. The molecule has 0 aliphatic carbocycles. The predicted octanol–water partition coefficient (Wildman–Crippen LogP) is 2.61. The quantitative estimate of drug-likeness (QED) is 0.852. The van der Waals surface area contributed by atoms with Crippen molar-refractivity contribution in [2.45, 2.75) is 25.8 Å². The number of aromatic nitrogens is 3. The Morgan fingerprint density at radius 1 is 1.47 bits per heavy atom. The Morgan fingerprint density at radius 3 is 3.05 bits per heavy atom. The molecule has 0 bridgehead atoms. The second-order valence-electron chi connectivity index (χ2n) is 4.76. The van der Waals surface area contributed by atoms with Crippen molar-refractivity contribution in [2.24, 2.45) is 0 Å². The summed E-state index contributed by atoms with van der Waals surface area (Å²) in [5.74, 6) is -0.182. The highest BCUT2D eigenvalue weighted by Gasteiger charge is 2.19. The van der Waals surface area contributed by atoms with Crippen LogP contribution in [0.15, 0.2) is 24.4 Å². The minimum absolute atomic E-state index is 0.182. The molecule has 4 nitrogen and oxygen atoms in total. The van der Waals surface area contributed by atoms with Crippen molar-refractivity contribution in [3.8, 4) is 11.3 Å². The number of rotatable bonds is 3. The number of halogens is 1. The van der Waals surface area contributed by atoms with Crippen LogP contribution >= 0.6 is 0 Å². The fourth-order valence-electron chi connectivity index (χ4n) is 2.31. The van der Waals surface area contributed by atoms with E-state index in [0.29, 0.717) is 18.7 Å². The Labute approximate surface area is 111 Å². The molecule has 0 N–H and O–H groups in total. The Morgan fingerprint density at radius 2 is 2.37 bits per heavy atom. The van der Waals surface area contributed by atoms with E-state index in [-0.39, 0.29) is 11.9 Å². The first-order valence-electron chi connectivity index (χ1n) is 6.56. The number of aryl methyl sites for hydroxylation is 1. The zero-order chi connectivity index (χ0) is 13.2. The molecule has 1 fully saturated rings. The summed E-state index contributed by atoms with van der Waals surface area (Å²) in [6.07, 6.45) is 3.50. The summed E-state index contributed by atoms with van der Waals surface area (Å²) in [5, 5.41) is 8.23. The third-order valence-electron chi connectivity index (χ3n) is 3.52. The summed E-state index contributed by atoms with van der Waals surface area (Å²) in [7, 11) is 0. The standard InChI is InChI=1S/C14H16FN3O/c1-2-10-3-4-11(7-13(10)15)14-8-18(17-16-14)12-5-6-19-9-12/h3-4,7-8,12H,2,5-6,9H2,1H3/t12-/m0/s1. The molecule has 0 saturated carbocycles. The van der Waals surface area contributed by atoms with Crippen LogP contribution in [-0.4, -0.2) is 28.2 Å². The van der Waals surface area contributed by atoms with E-state index in [9.17, 15) is 4.39 Å². The zero-order valence-electron chi connectivity index (χ0n) is 10.8. The van der Waals surface area contributed by atoms with Crippen molar-refractivity contribution in [1.82, 2.24) is 15.0 Å². The summed E-state index contributed by atoms with van der Waals surface area (Å²) in [6.45, 7) is 3.38. The summed E-state index contributed by atoms with van der Waals surface area (Å²) in [6, 6.07) is 5.48. The lowest BCUT2D eigenvalue weighted by Gasteiger charge is -2.05. The molecule has 1 aliphatic rings. The minimum Gasteiger partial charge on any atom is -0.379 e. The molecular formula is C14H16FN3O. The van der Waals surface area contributed by atoms with Gasteiger partial charge in [-0.25, -0.2) is 9.07 Å². The van der Waals surface area contributed by atoms with E-state index in [2.05, 4.69) is 10.3 Å². The highest BCUT2D eigenvalue weighted by atomic mass is 19.1. The van der Waals surface area contributed by atoms with Gasteiger partial charge in [-0.3, -0.25) is 0 Å². The molecule has 2 aromatic rings. The maximum absolute atomic E-state index is 13.8. The highest BCUT2D eigenvalue weighted by Crippen LogP contribution is 2.23. The fraction of sp³-hybridized carbons (Fsp3) is 0.429. The zero-order valence-corrected chi connectivity index (χ0v) is 10.8. The second kappa shape index (κ2) is 5.09. The second-order valence-corrected chi connectivity index (χ2v) is 4.76. The highest BCUT2D eigenvalue weighted by molar-refractivity contribution is 5.58. The van der Waals surface area contributed by atoms with Crippen LogP contribution in [0.3, 0.4) is 0 Å². The molecule has 100 valence electrons. The average molecular weight is 261 g/mol. The van der Waals surface area contributed by atoms with Crippen molar-refractivity contribution >= 4 is 0 Å². The first-order valence-corrected chi connectivity index (χ1v) is 6.56. The number of hydrogen-bond acceptors (Lipinski definition) is 3. The van der Waals surface area contributed by atoms with Gasteiger partial charge in [0.15, 0.2) is 0 Å².